The molecule has 1 aromatic rings. The molecule has 0 atom stereocenters. The Morgan fingerprint density at radius 2 is 2.50 bits per heavy atom. The molecule has 64 valence electrons. The zero-order chi connectivity index (χ0) is 8.72. The molecule has 1 aliphatic rings. The number of aromatic amines is 1. The highest BCUT2D eigenvalue weighted by Crippen LogP contribution is 2.31. The Morgan fingerprint density at radius 3 is 3.25 bits per heavy atom. The molecule has 1 aliphatic heterocycles. The van der Waals surface area contributed by atoms with Gasteiger partial charge in [-0.1, -0.05) is 12.8 Å². The van der Waals surface area contributed by atoms with E-state index < -0.39 is 5.69 Å². The monoisotopic (exact) mass is 186 g/mol. The van der Waals surface area contributed by atoms with E-state index in [9.17, 15) is 10.0 Å². The van der Waals surface area contributed by atoms with Crippen LogP contribution in [0.2, 0.25) is 0 Å². The van der Waals surface area contributed by atoms with Gasteiger partial charge in [0.2, 0.25) is 0 Å². The maximum Gasteiger partial charge on any atom is 0.346 e. The van der Waals surface area contributed by atoms with Gasteiger partial charge in [0.05, 0.1) is 6.20 Å². The number of fused-ring (bicyclic) bond motifs is 1. The third kappa shape index (κ3) is 0.942. The molecule has 0 aromatic carbocycles. The predicted molar refractivity (Wildman–Crippen MR) is 45.5 cm³/mol. The molecule has 6 nitrogen and oxygen atoms in total. The van der Waals surface area contributed by atoms with E-state index in [1.807, 2.05) is 0 Å². The first-order chi connectivity index (χ1) is 5.68. The SMILES string of the molecule is O=c1ncc2c([nH]1)N(S)CN2O. The minimum absolute atomic E-state index is 0.208. The number of H-pyrrole nitrogens is 1. The van der Waals surface area contributed by atoms with Crippen LogP contribution >= 0.6 is 12.8 Å². The van der Waals surface area contributed by atoms with Gasteiger partial charge in [-0.15, -0.1) is 0 Å². The van der Waals surface area contributed by atoms with E-state index in [4.69, 9.17) is 0 Å². The first kappa shape index (κ1) is 7.44. The van der Waals surface area contributed by atoms with Crippen LogP contribution in [0.4, 0.5) is 11.5 Å². The highest BCUT2D eigenvalue weighted by molar-refractivity contribution is 7.81. The van der Waals surface area contributed by atoms with E-state index in [1.54, 1.807) is 0 Å². The van der Waals surface area contributed by atoms with Crippen molar-refractivity contribution in [1.29, 1.82) is 0 Å². The van der Waals surface area contributed by atoms with Crippen LogP contribution in [0.15, 0.2) is 11.0 Å². The fourth-order valence-corrected chi connectivity index (χ4v) is 1.31. The topological polar surface area (TPSA) is 72.5 Å². The normalized spacial score (nSPS) is 15.2. The summed E-state index contributed by atoms with van der Waals surface area (Å²) in [6.07, 6.45) is 1.30. The summed E-state index contributed by atoms with van der Waals surface area (Å²) in [6, 6.07) is 0. The molecule has 0 fully saturated rings. The second-order valence-corrected chi connectivity index (χ2v) is 2.85. The summed E-state index contributed by atoms with van der Waals surface area (Å²) in [7, 11) is 0. The third-order valence-corrected chi connectivity index (χ3v) is 1.90. The Labute approximate surface area is 72.9 Å². The van der Waals surface area contributed by atoms with Crippen LogP contribution in [0.5, 0.6) is 0 Å². The quantitative estimate of drug-likeness (QED) is 0.480. The first-order valence-corrected chi connectivity index (χ1v) is 3.60. The second kappa shape index (κ2) is 2.39. The Hall–Kier alpha value is -1.21. The molecule has 0 bridgehead atoms. The third-order valence-electron chi connectivity index (χ3n) is 1.58. The number of thiol groups is 1. The summed E-state index contributed by atoms with van der Waals surface area (Å²) in [5.41, 5.74) is -0.00676. The summed E-state index contributed by atoms with van der Waals surface area (Å²) < 4.78 is 1.42. The van der Waals surface area contributed by atoms with E-state index in [0.29, 0.717) is 11.5 Å². The predicted octanol–water partition coefficient (Wildman–Crippen LogP) is -0.412. The van der Waals surface area contributed by atoms with Crippen LogP contribution in [0.1, 0.15) is 0 Å². The van der Waals surface area contributed by atoms with Gasteiger partial charge in [0.25, 0.3) is 0 Å². The molecule has 0 saturated heterocycles. The van der Waals surface area contributed by atoms with Gasteiger partial charge in [-0.2, -0.15) is 4.98 Å². The van der Waals surface area contributed by atoms with Crippen LogP contribution < -0.4 is 15.1 Å². The van der Waals surface area contributed by atoms with Crippen molar-refractivity contribution >= 4 is 24.3 Å². The Kier molecular flexibility index (Phi) is 1.48. The molecule has 0 amide bonds. The van der Waals surface area contributed by atoms with Crippen molar-refractivity contribution in [2.45, 2.75) is 0 Å². The van der Waals surface area contributed by atoms with E-state index in [0.717, 1.165) is 5.06 Å². The number of rotatable bonds is 0. The maximum absolute atomic E-state index is 10.8. The maximum atomic E-state index is 10.8. The number of nitrogens with zero attached hydrogens (tertiary/aromatic N) is 3. The molecule has 0 saturated carbocycles. The summed E-state index contributed by atoms with van der Waals surface area (Å²) in [5, 5.41) is 10.2. The minimum atomic E-state index is -0.455. The number of hydrogen-bond acceptors (Lipinski definition) is 6. The van der Waals surface area contributed by atoms with E-state index in [2.05, 4.69) is 22.8 Å². The molecule has 0 radical (unpaired) electrons. The standard InChI is InChI=1S/C5H6N4O2S/c10-5-6-1-3-4(7-5)9(12)2-8(3)11/h1,11-12H,2H2,(H,6,7,10). The van der Waals surface area contributed by atoms with Gasteiger partial charge in [-0.05, 0) is 0 Å². The van der Waals surface area contributed by atoms with Gasteiger partial charge >= 0.3 is 5.69 Å². The van der Waals surface area contributed by atoms with Crippen LogP contribution in [0.3, 0.4) is 0 Å². The number of anilines is 2. The molecule has 0 aliphatic carbocycles. The average Bonchev–Trinajstić information content (AvgIpc) is 2.28. The van der Waals surface area contributed by atoms with Crippen LogP contribution in [-0.4, -0.2) is 21.8 Å². The molecule has 1 aromatic heterocycles. The first-order valence-electron chi connectivity index (χ1n) is 3.20. The van der Waals surface area contributed by atoms with E-state index >= 15 is 0 Å². The van der Waals surface area contributed by atoms with Crippen molar-refractivity contribution in [3.8, 4) is 0 Å². The Bertz CT molecular complexity index is 365. The van der Waals surface area contributed by atoms with Gasteiger partial charge in [-0.25, -0.2) is 9.86 Å². The van der Waals surface area contributed by atoms with E-state index in [-0.39, 0.29) is 6.67 Å². The molecule has 12 heavy (non-hydrogen) atoms. The van der Waals surface area contributed by atoms with Gasteiger partial charge in [0, 0.05) is 0 Å². The largest absolute Gasteiger partial charge is 0.346 e. The van der Waals surface area contributed by atoms with Crippen molar-refractivity contribution < 1.29 is 5.21 Å². The fraction of sp³-hybridized carbons (Fsp3) is 0.200. The lowest BCUT2D eigenvalue weighted by atomic mass is 10.5. The number of nitrogens with one attached hydrogen (secondary N) is 1. The number of hydroxylamine groups is 1. The van der Waals surface area contributed by atoms with Gasteiger partial charge in [0.1, 0.15) is 18.2 Å². The lowest BCUT2D eigenvalue weighted by Crippen LogP contribution is -2.21. The van der Waals surface area contributed by atoms with Crippen molar-refractivity contribution in [3.05, 3.63) is 16.7 Å². The number of hydrogen-bond donors (Lipinski definition) is 3. The lowest BCUT2D eigenvalue weighted by molar-refractivity contribution is 0.266. The summed E-state index contributed by atoms with van der Waals surface area (Å²) in [4.78, 5) is 16.7. The van der Waals surface area contributed by atoms with Crippen molar-refractivity contribution in [3.63, 3.8) is 0 Å². The Morgan fingerprint density at radius 1 is 1.75 bits per heavy atom. The molecule has 2 heterocycles. The van der Waals surface area contributed by atoms with Crippen LogP contribution in [0.25, 0.3) is 0 Å². The van der Waals surface area contributed by atoms with Gasteiger partial charge in [-0.3, -0.25) is 14.5 Å². The van der Waals surface area contributed by atoms with Gasteiger partial charge in [0.15, 0.2) is 0 Å². The highest BCUT2D eigenvalue weighted by Gasteiger charge is 2.23. The smallest absolute Gasteiger partial charge is 0.290 e. The van der Waals surface area contributed by atoms with Gasteiger partial charge < -0.3 is 0 Å². The molecular formula is C5H6N4O2S. The molecule has 7 heteroatoms. The zero-order valence-electron chi connectivity index (χ0n) is 5.93. The highest BCUT2D eigenvalue weighted by atomic mass is 32.1. The molecule has 2 rings (SSSR count). The molecule has 0 unspecified atom stereocenters. The fourth-order valence-electron chi connectivity index (χ4n) is 1.04. The minimum Gasteiger partial charge on any atom is -0.290 e. The van der Waals surface area contributed by atoms with Crippen LogP contribution in [0, 0.1) is 0 Å². The molecule has 2 N–H and O–H groups in total. The summed E-state index contributed by atoms with van der Waals surface area (Å²) in [5.74, 6) is 0.459. The summed E-state index contributed by atoms with van der Waals surface area (Å²) >= 11 is 4.01. The van der Waals surface area contributed by atoms with E-state index in [1.165, 1.54) is 10.5 Å². The molecule has 0 spiro atoms. The average molecular weight is 186 g/mol. The summed E-state index contributed by atoms with van der Waals surface area (Å²) in [6.45, 7) is 0.208. The van der Waals surface area contributed by atoms with Crippen LogP contribution in [-0.2, 0) is 0 Å². The number of aromatic nitrogens is 2. The second-order valence-electron chi connectivity index (χ2n) is 2.36. The zero-order valence-corrected chi connectivity index (χ0v) is 6.82. The van der Waals surface area contributed by atoms with Crippen molar-refractivity contribution in [2.24, 2.45) is 0 Å². The van der Waals surface area contributed by atoms with Crippen molar-refractivity contribution in [2.75, 3.05) is 16.0 Å². The lowest BCUT2D eigenvalue weighted by Gasteiger charge is -2.07. The molecular weight excluding hydrogens is 180 g/mol. The van der Waals surface area contributed by atoms with Crippen molar-refractivity contribution in [1.82, 2.24) is 9.97 Å². The Balaban J connectivity index is 2.60.